The molecule has 0 radical (unpaired) electrons. The van der Waals surface area contributed by atoms with Crippen LogP contribution >= 0.6 is 15.9 Å². The lowest BCUT2D eigenvalue weighted by atomic mass is 10.0. The third-order valence-electron chi connectivity index (χ3n) is 3.60. The molecule has 0 fully saturated rings. The summed E-state index contributed by atoms with van der Waals surface area (Å²) >= 11 is 3.40. The van der Waals surface area contributed by atoms with Crippen LogP contribution in [0.15, 0.2) is 51.9 Å². The largest absolute Gasteiger partial charge is 0.396 e. The van der Waals surface area contributed by atoms with Crippen molar-refractivity contribution in [1.82, 2.24) is 0 Å². The summed E-state index contributed by atoms with van der Waals surface area (Å²) in [5.41, 5.74) is 3.62. The van der Waals surface area contributed by atoms with Gasteiger partial charge in [0.1, 0.15) is 5.92 Å². The van der Waals surface area contributed by atoms with Crippen molar-refractivity contribution >= 4 is 39.4 Å². The van der Waals surface area contributed by atoms with Crippen LogP contribution in [0, 0.1) is 0 Å². The molecule has 1 amide bonds. The number of carbonyl (C=O) groups excluding carboxylic acids is 1. The van der Waals surface area contributed by atoms with Crippen LogP contribution in [0.25, 0.3) is 0 Å². The summed E-state index contributed by atoms with van der Waals surface area (Å²) in [6, 6.07) is 13.4. The normalized spacial score (nSPS) is 16.8. The Bertz CT molecular complexity index is 726. The third kappa shape index (κ3) is 3.10. The molecule has 22 heavy (non-hydrogen) atoms. The fourth-order valence-electron chi connectivity index (χ4n) is 2.45. The number of aliphatic imine (C=N–C) groups is 1. The number of rotatable bonds is 4. The SMILES string of the molecule is O=C1Nc2cc(Br)ccc2C1C=Nc1ccc(CCO)cc1. The van der Waals surface area contributed by atoms with Gasteiger partial charge in [-0.05, 0) is 41.8 Å². The molecule has 1 aliphatic heterocycles. The number of nitrogens with one attached hydrogen (secondary N) is 1. The number of anilines is 1. The fraction of sp³-hybridized carbons (Fsp3) is 0.176. The summed E-state index contributed by atoms with van der Waals surface area (Å²) in [5, 5.41) is 11.8. The molecule has 0 saturated heterocycles. The zero-order chi connectivity index (χ0) is 15.5. The number of amides is 1. The molecule has 0 bridgehead atoms. The number of carbonyl (C=O) groups is 1. The van der Waals surface area contributed by atoms with Crippen LogP contribution in [0.1, 0.15) is 17.0 Å². The van der Waals surface area contributed by atoms with Gasteiger partial charge >= 0.3 is 0 Å². The molecule has 1 atom stereocenters. The number of hydrogen-bond donors (Lipinski definition) is 2. The van der Waals surface area contributed by atoms with Crippen molar-refractivity contribution in [2.24, 2.45) is 4.99 Å². The molecule has 3 rings (SSSR count). The number of hydrogen-bond acceptors (Lipinski definition) is 3. The molecule has 0 saturated carbocycles. The molecule has 112 valence electrons. The van der Waals surface area contributed by atoms with Gasteiger partial charge in [0, 0.05) is 23.0 Å². The molecule has 4 nitrogen and oxygen atoms in total. The second-order valence-corrected chi connectivity index (χ2v) is 6.03. The lowest BCUT2D eigenvalue weighted by Gasteiger charge is -2.03. The number of benzene rings is 2. The minimum atomic E-state index is -0.361. The van der Waals surface area contributed by atoms with Crippen LogP contribution in [0.2, 0.25) is 0 Å². The lowest BCUT2D eigenvalue weighted by molar-refractivity contribution is -0.115. The number of fused-ring (bicyclic) bond motifs is 1. The van der Waals surface area contributed by atoms with Gasteiger partial charge in [-0.2, -0.15) is 0 Å². The van der Waals surface area contributed by atoms with E-state index in [2.05, 4.69) is 26.2 Å². The Labute approximate surface area is 137 Å². The van der Waals surface area contributed by atoms with E-state index in [0.717, 1.165) is 27.0 Å². The molecule has 5 heteroatoms. The first-order valence-corrected chi connectivity index (χ1v) is 7.81. The predicted octanol–water partition coefficient (Wildman–Crippen LogP) is 3.42. The van der Waals surface area contributed by atoms with Gasteiger partial charge in [-0.1, -0.05) is 34.1 Å². The van der Waals surface area contributed by atoms with Crippen LogP contribution in [-0.2, 0) is 11.2 Å². The standard InChI is InChI=1S/C17H15BrN2O2/c18-12-3-6-14-15(17(22)20-16(14)9-12)10-19-13-4-1-11(2-5-13)7-8-21/h1-6,9-10,15,21H,7-8H2,(H,20,22). The summed E-state index contributed by atoms with van der Waals surface area (Å²) < 4.78 is 0.934. The van der Waals surface area contributed by atoms with Crippen LogP contribution in [0.5, 0.6) is 0 Å². The van der Waals surface area contributed by atoms with E-state index >= 15 is 0 Å². The summed E-state index contributed by atoms with van der Waals surface area (Å²) in [7, 11) is 0. The average Bonchev–Trinajstić information content (AvgIpc) is 2.81. The average molecular weight is 359 g/mol. The van der Waals surface area contributed by atoms with Crippen LogP contribution in [0.3, 0.4) is 0 Å². The highest BCUT2D eigenvalue weighted by Crippen LogP contribution is 2.33. The van der Waals surface area contributed by atoms with E-state index in [-0.39, 0.29) is 18.4 Å². The maximum atomic E-state index is 12.1. The number of halogens is 1. The van der Waals surface area contributed by atoms with E-state index in [0.29, 0.717) is 6.42 Å². The summed E-state index contributed by atoms with van der Waals surface area (Å²) in [6.45, 7) is 0.136. The molecule has 1 aliphatic rings. The quantitative estimate of drug-likeness (QED) is 0.822. The van der Waals surface area contributed by atoms with E-state index in [9.17, 15) is 4.79 Å². The van der Waals surface area contributed by atoms with Crippen molar-refractivity contribution in [2.75, 3.05) is 11.9 Å². The Morgan fingerprint density at radius 3 is 2.73 bits per heavy atom. The topological polar surface area (TPSA) is 61.7 Å². The van der Waals surface area contributed by atoms with Crippen molar-refractivity contribution < 1.29 is 9.90 Å². The van der Waals surface area contributed by atoms with Crippen molar-refractivity contribution in [3.8, 4) is 0 Å². The molecule has 0 aliphatic carbocycles. The van der Waals surface area contributed by atoms with Crippen molar-refractivity contribution in [3.63, 3.8) is 0 Å². The first-order valence-electron chi connectivity index (χ1n) is 7.01. The predicted molar refractivity (Wildman–Crippen MR) is 90.9 cm³/mol. The second-order valence-electron chi connectivity index (χ2n) is 5.12. The molecule has 2 N–H and O–H groups in total. The van der Waals surface area contributed by atoms with Gasteiger partial charge in [0.2, 0.25) is 5.91 Å². The zero-order valence-electron chi connectivity index (χ0n) is 11.8. The minimum Gasteiger partial charge on any atom is -0.396 e. The van der Waals surface area contributed by atoms with Crippen LogP contribution < -0.4 is 5.32 Å². The second kappa shape index (κ2) is 6.42. The van der Waals surface area contributed by atoms with Gasteiger partial charge in [-0.15, -0.1) is 0 Å². The molecule has 2 aromatic carbocycles. The first kappa shape index (κ1) is 14.9. The molecular weight excluding hydrogens is 344 g/mol. The summed E-state index contributed by atoms with van der Waals surface area (Å²) in [5.74, 6) is -0.422. The Balaban J connectivity index is 1.79. The van der Waals surface area contributed by atoms with E-state index in [4.69, 9.17) is 5.11 Å². The highest BCUT2D eigenvalue weighted by atomic mass is 79.9. The molecule has 1 unspecified atom stereocenters. The van der Waals surface area contributed by atoms with Gasteiger partial charge in [0.15, 0.2) is 0 Å². The van der Waals surface area contributed by atoms with Gasteiger partial charge in [0.05, 0.1) is 5.69 Å². The number of aliphatic hydroxyl groups is 1. The molecule has 0 aromatic heterocycles. The van der Waals surface area contributed by atoms with Crippen LogP contribution in [-0.4, -0.2) is 23.8 Å². The third-order valence-corrected chi connectivity index (χ3v) is 4.09. The zero-order valence-corrected chi connectivity index (χ0v) is 13.4. The maximum absolute atomic E-state index is 12.1. The molecule has 1 heterocycles. The first-order chi connectivity index (χ1) is 10.7. The maximum Gasteiger partial charge on any atom is 0.237 e. The summed E-state index contributed by atoms with van der Waals surface area (Å²) in [6.07, 6.45) is 2.31. The Hall–Kier alpha value is -1.98. The van der Waals surface area contributed by atoms with Crippen molar-refractivity contribution in [3.05, 3.63) is 58.1 Å². The number of nitrogens with zero attached hydrogens (tertiary/aromatic N) is 1. The minimum absolute atomic E-state index is 0.0613. The van der Waals surface area contributed by atoms with Crippen molar-refractivity contribution in [2.45, 2.75) is 12.3 Å². The van der Waals surface area contributed by atoms with E-state index in [1.165, 1.54) is 0 Å². The Kier molecular flexibility index (Phi) is 4.36. The fourth-order valence-corrected chi connectivity index (χ4v) is 2.81. The van der Waals surface area contributed by atoms with Crippen LogP contribution in [0.4, 0.5) is 11.4 Å². The molecule has 2 aromatic rings. The van der Waals surface area contributed by atoms with E-state index < -0.39 is 0 Å². The Morgan fingerprint density at radius 1 is 1.23 bits per heavy atom. The summed E-state index contributed by atoms with van der Waals surface area (Å²) in [4.78, 5) is 16.5. The van der Waals surface area contributed by atoms with Gasteiger partial charge in [0.25, 0.3) is 0 Å². The highest BCUT2D eigenvalue weighted by Gasteiger charge is 2.28. The Morgan fingerprint density at radius 2 is 2.00 bits per heavy atom. The monoisotopic (exact) mass is 358 g/mol. The number of aliphatic hydroxyl groups excluding tert-OH is 1. The smallest absolute Gasteiger partial charge is 0.237 e. The van der Waals surface area contributed by atoms with Gasteiger partial charge in [-0.25, -0.2) is 0 Å². The van der Waals surface area contributed by atoms with E-state index in [1.807, 2.05) is 42.5 Å². The van der Waals surface area contributed by atoms with Crippen molar-refractivity contribution in [1.29, 1.82) is 0 Å². The van der Waals surface area contributed by atoms with Gasteiger partial charge in [-0.3, -0.25) is 9.79 Å². The highest BCUT2D eigenvalue weighted by molar-refractivity contribution is 9.10. The lowest BCUT2D eigenvalue weighted by Crippen LogP contribution is -2.12. The van der Waals surface area contributed by atoms with Gasteiger partial charge < -0.3 is 10.4 Å². The van der Waals surface area contributed by atoms with E-state index in [1.54, 1.807) is 6.21 Å². The molecule has 0 spiro atoms. The molecular formula is C17H15BrN2O2.